The van der Waals surface area contributed by atoms with Crippen molar-refractivity contribution in [3.8, 4) is 10.6 Å². The van der Waals surface area contributed by atoms with E-state index in [0.29, 0.717) is 10.6 Å². The van der Waals surface area contributed by atoms with Crippen LogP contribution in [0.25, 0.3) is 10.6 Å². The molecule has 23 heavy (non-hydrogen) atoms. The monoisotopic (exact) mass is 369 g/mol. The summed E-state index contributed by atoms with van der Waals surface area (Å²) in [6, 6.07) is 11.4. The number of hydrogen-bond donors (Lipinski definition) is 1. The van der Waals surface area contributed by atoms with Crippen LogP contribution in [0.4, 0.5) is 10.1 Å². The van der Waals surface area contributed by atoms with Gasteiger partial charge in [-0.1, -0.05) is 11.6 Å². The fourth-order valence-electron chi connectivity index (χ4n) is 1.77. The third-order valence-corrected chi connectivity index (χ3v) is 6.01. The van der Waals surface area contributed by atoms with Crippen molar-refractivity contribution in [2.75, 3.05) is 4.72 Å². The van der Waals surface area contributed by atoms with Crippen molar-refractivity contribution < 1.29 is 12.8 Å². The smallest absolute Gasteiger partial charge is 0.271 e. The first kappa shape index (κ1) is 15.9. The maximum atomic E-state index is 12.9. The van der Waals surface area contributed by atoms with E-state index in [0.717, 1.165) is 11.3 Å². The van der Waals surface area contributed by atoms with Crippen LogP contribution in [0, 0.1) is 5.82 Å². The van der Waals surface area contributed by atoms with Gasteiger partial charge in [0.2, 0.25) is 0 Å². The van der Waals surface area contributed by atoms with Crippen molar-refractivity contribution in [3.63, 3.8) is 0 Å². The molecule has 0 unspecified atom stereocenters. The number of rotatable bonds is 4. The molecule has 0 bridgehead atoms. The van der Waals surface area contributed by atoms with Crippen molar-refractivity contribution in [1.29, 1.82) is 0 Å². The van der Waals surface area contributed by atoms with Gasteiger partial charge in [0.15, 0.2) is 5.15 Å². The molecular weight excluding hydrogens is 361 g/mol. The van der Waals surface area contributed by atoms with Gasteiger partial charge in [-0.2, -0.15) is 0 Å². The summed E-state index contributed by atoms with van der Waals surface area (Å²) in [5.41, 5.74) is 0.815. The number of hydrogen-bond acceptors (Lipinski definition) is 5. The van der Waals surface area contributed by atoms with E-state index in [4.69, 9.17) is 11.6 Å². The summed E-state index contributed by atoms with van der Waals surface area (Å²) >= 11 is 6.73. The van der Waals surface area contributed by atoms with Gasteiger partial charge < -0.3 is 0 Å². The van der Waals surface area contributed by atoms with Crippen molar-refractivity contribution in [1.82, 2.24) is 10.2 Å². The van der Waals surface area contributed by atoms with Crippen molar-refractivity contribution in [3.05, 3.63) is 59.5 Å². The van der Waals surface area contributed by atoms with E-state index in [1.54, 1.807) is 18.2 Å². The average molecular weight is 370 g/mol. The van der Waals surface area contributed by atoms with Gasteiger partial charge in [0, 0.05) is 5.69 Å². The minimum absolute atomic E-state index is 0.119. The number of benzene rings is 1. The number of thiophene rings is 1. The number of nitrogens with one attached hydrogen (secondary N) is 1. The maximum Gasteiger partial charge on any atom is 0.271 e. The van der Waals surface area contributed by atoms with Crippen LogP contribution in [-0.4, -0.2) is 18.6 Å². The standard InChI is InChI=1S/C14H9ClFN3O2S2/c15-13-7-5-11(17-18-13)12-6-8-14(22-12)23(20,21)19-10-3-1-9(16)2-4-10/h1-8,19H. The molecule has 0 amide bonds. The first-order valence-corrected chi connectivity index (χ1v) is 9.00. The highest BCUT2D eigenvalue weighted by molar-refractivity contribution is 7.94. The average Bonchev–Trinajstić information content (AvgIpc) is 3.01. The lowest BCUT2D eigenvalue weighted by molar-refractivity contribution is 0.603. The largest absolute Gasteiger partial charge is 0.279 e. The summed E-state index contributed by atoms with van der Waals surface area (Å²) in [6.45, 7) is 0. The fraction of sp³-hybridized carbons (Fsp3) is 0. The second kappa shape index (κ2) is 6.23. The lowest BCUT2D eigenvalue weighted by Gasteiger charge is -2.05. The number of nitrogens with zero attached hydrogens (tertiary/aromatic N) is 2. The topological polar surface area (TPSA) is 72.0 Å². The molecule has 0 atom stereocenters. The fourth-order valence-corrected chi connectivity index (χ4v) is 4.20. The second-order valence-corrected chi connectivity index (χ2v) is 7.85. The van der Waals surface area contributed by atoms with Gasteiger partial charge in [0.05, 0.1) is 4.88 Å². The molecule has 2 aromatic heterocycles. The molecule has 1 N–H and O–H groups in total. The maximum absolute atomic E-state index is 12.9. The van der Waals surface area contributed by atoms with E-state index in [-0.39, 0.29) is 15.0 Å². The van der Waals surface area contributed by atoms with E-state index in [9.17, 15) is 12.8 Å². The Hall–Kier alpha value is -2.03. The molecule has 0 fully saturated rings. The number of sulfonamides is 1. The molecule has 0 aliphatic heterocycles. The zero-order chi connectivity index (χ0) is 16.4. The Labute approximate surface area is 140 Å². The first-order valence-electron chi connectivity index (χ1n) is 6.32. The molecule has 0 saturated heterocycles. The normalized spacial score (nSPS) is 11.4. The van der Waals surface area contributed by atoms with Gasteiger partial charge in [-0.15, -0.1) is 21.5 Å². The Bertz CT molecular complexity index is 925. The Morgan fingerprint density at radius 3 is 2.39 bits per heavy atom. The predicted octanol–water partition coefficient (Wildman–Crippen LogP) is 3.80. The highest BCUT2D eigenvalue weighted by atomic mass is 35.5. The molecule has 5 nitrogen and oxygen atoms in total. The summed E-state index contributed by atoms with van der Waals surface area (Å²) < 4.78 is 40.0. The highest BCUT2D eigenvalue weighted by Crippen LogP contribution is 2.30. The van der Waals surface area contributed by atoms with Gasteiger partial charge in [-0.05, 0) is 48.5 Å². The molecule has 0 radical (unpaired) electrons. The van der Waals surface area contributed by atoms with Crippen molar-refractivity contribution >= 4 is 38.6 Å². The molecule has 0 aliphatic carbocycles. The van der Waals surface area contributed by atoms with E-state index in [1.165, 1.54) is 30.3 Å². The third kappa shape index (κ3) is 3.66. The molecule has 0 spiro atoms. The summed E-state index contributed by atoms with van der Waals surface area (Å²) in [5, 5.41) is 7.89. The van der Waals surface area contributed by atoms with Crippen LogP contribution in [0.15, 0.2) is 52.7 Å². The summed E-state index contributed by atoms with van der Waals surface area (Å²) in [6.07, 6.45) is 0. The van der Waals surface area contributed by atoms with Crippen LogP contribution in [0.5, 0.6) is 0 Å². The van der Waals surface area contributed by atoms with Gasteiger partial charge in [-0.25, -0.2) is 12.8 Å². The summed E-state index contributed by atoms with van der Waals surface area (Å²) in [7, 11) is -3.75. The first-order chi connectivity index (χ1) is 10.9. The molecule has 3 aromatic rings. The molecule has 0 aliphatic rings. The van der Waals surface area contributed by atoms with E-state index in [2.05, 4.69) is 14.9 Å². The van der Waals surface area contributed by atoms with E-state index >= 15 is 0 Å². The van der Waals surface area contributed by atoms with Crippen LogP contribution in [-0.2, 0) is 10.0 Å². The van der Waals surface area contributed by atoms with Gasteiger partial charge in [-0.3, -0.25) is 4.72 Å². The minimum atomic E-state index is -3.75. The zero-order valence-corrected chi connectivity index (χ0v) is 13.8. The molecule has 118 valence electrons. The van der Waals surface area contributed by atoms with E-state index < -0.39 is 15.8 Å². The Morgan fingerprint density at radius 2 is 1.74 bits per heavy atom. The summed E-state index contributed by atoms with van der Waals surface area (Å²) in [5.74, 6) is -0.437. The molecule has 0 saturated carbocycles. The predicted molar refractivity (Wildman–Crippen MR) is 87.6 cm³/mol. The Kier molecular flexibility index (Phi) is 4.29. The Morgan fingerprint density at radius 1 is 1.00 bits per heavy atom. The van der Waals surface area contributed by atoms with Crippen molar-refractivity contribution in [2.24, 2.45) is 0 Å². The third-order valence-electron chi connectivity index (χ3n) is 2.83. The molecule has 3 rings (SSSR count). The Balaban J connectivity index is 1.86. The van der Waals surface area contributed by atoms with Crippen LogP contribution in [0.2, 0.25) is 5.15 Å². The zero-order valence-electron chi connectivity index (χ0n) is 11.4. The van der Waals surface area contributed by atoms with Crippen molar-refractivity contribution in [2.45, 2.75) is 4.21 Å². The highest BCUT2D eigenvalue weighted by Gasteiger charge is 2.18. The van der Waals surface area contributed by atoms with Gasteiger partial charge in [0.25, 0.3) is 10.0 Å². The number of anilines is 1. The number of halogens is 2. The number of aromatic nitrogens is 2. The molecule has 9 heteroatoms. The minimum Gasteiger partial charge on any atom is -0.279 e. The second-order valence-electron chi connectivity index (χ2n) is 4.47. The molecular formula is C14H9ClFN3O2S2. The molecule has 1 aromatic carbocycles. The quantitative estimate of drug-likeness (QED) is 0.759. The summed E-state index contributed by atoms with van der Waals surface area (Å²) in [4.78, 5) is 0.647. The molecule has 2 heterocycles. The SMILES string of the molecule is O=S(=O)(Nc1ccc(F)cc1)c1ccc(-c2ccc(Cl)nn2)s1. The van der Waals surface area contributed by atoms with Gasteiger partial charge in [0.1, 0.15) is 15.7 Å². The van der Waals surface area contributed by atoms with Crippen LogP contribution < -0.4 is 4.72 Å². The lowest BCUT2D eigenvalue weighted by atomic mass is 10.3. The van der Waals surface area contributed by atoms with E-state index in [1.807, 2.05) is 0 Å². The lowest BCUT2D eigenvalue weighted by Crippen LogP contribution is -2.11. The van der Waals surface area contributed by atoms with Crippen LogP contribution >= 0.6 is 22.9 Å². The van der Waals surface area contributed by atoms with Gasteiger partial charge >= 0.3 is 0 Å². The van der Waals surface area contributed by atoms with Crippen LogP contribution in [0.3, 0.4) is 0 Å². The van der Waals surface area contributed by atoms with Crippen LogP contribution in [0.1, 0.15) is 0 Å².